The largest absolute Gasteiger partial charge is 0.396 e. The van der Waals surface area contributed by atoms with Gasteiger partial charge in [-0.2, -0.15) is 11.8 Å². The van der Waals surface area contributed by atoms with Gasteiger partial charge in [-0.3, -0.25) is 0 Å². The minimum Gasteiger partial charge on any atom is -0.396 e. The van der Waals surface area contributed by atoms with Gasteiger partial charge in [0.1, 0.15) is 0 Å². The maximum atomic E-state index is 10.8. The van der Waals surface area contributed by atoms with E-state index in [1.54, 1.807) is 0 Å². The molecule has 1 aliphatic carbocycles. The van der Waals surface area contributed by atoms with Crippen LogP contribution in [0.25, 0.3) is 0 Å². The van der Waals surface area contributed by atoms with E-state index in [-0.39, 0.29) is 12.0 Å². The summed E-state index contributed by atoms with van der Waals surface area (Å²) in [5.41, 5.74) is -0.774. The van der Waals surface area contributed by atoms with Crippen molar-refractivity contribution in [2.75, 3.05) is 18.1 Å². The summed E-state index contributed by atoms with van der Waals surface area (Å²) < 4.78 is 0. The molecule has 2 nitrogen and oxygen atoms in total. The maximum Gasteiger partial charge on any atom is 0.0733 e. The second-order valence-electron chi connectivity index (χ2n) is 5.19. The Kier molecular flexibility index (Phi) is 3.63. The predicted octanol–water partition coefficient (Wildman–Crippen LogP) is 2.19. The molecule has 88 valence electrons. The number of aliphatic hydroxyl groups excluding tert-OH is 1. The van der Waals surface area contributed by atoms with Gasteiger partial charge < -0.3 is 10.2 Å². The fourth-order valence-electron chi connectivity index (χ4n) is 3.16. The first kappa shape index (κ1) is 11.7. The summed E-state index contributed by atoms with van der Waals surface area (Å²) in [5, 5.41) is 20.5. The SMILES string of the molecule is OCC1(C2(O)CCCCC2)CCCSC1. The zero-order valence-corrected chi connectivity index (χ0v) is 10.2. The lowest BCUT2D eigenvalue weighted by Gasteiger charge is -2.50. The van der Waals surface area contributed by atoms with Crippen LogP contribution in [-0.4, -0.2) is 33.9 Å². The molecule has 1 heterocycles. The van der Waals surface area contributed by atoms with Crippen LogP contribution in [0.3, 0.4) is 0 Å². The molecule has 0 amide bonds. The molecule has 1 saturated carbocycles. The molecule has 3 heteroatoms. The molecule has 1 unspecified atom stereocenters. The van der Waals surface area contributed by atoms with Gasteiger partial charge in [-0.15, -0.1) is 0 Å². The lowest BCUT2D eigenvalue weighted by Crippen LogP contribution is -2.54. The smallest absolute Gasteiger partial charge is 0.0733 e. The lowest BCUT2D eigenvalue weighted by molar-refractivity contribution is -0.124. The summed E-state index contributed by atoms with van der Waals surface area (Å²) in [5.74, 6) is 2.14. The van der Waals surface area contributed by atoms with Crippen molar-refractivity contribution < 1.29 is 10.2 Å². The van der Waals surface area contributed by atoms with E-state index in [9.17, 15) is 10.2 Å². The van der Waals surface area contributed by atoms with Gasteiger partial charge in [0.15, 0.2) is 0 Å². The van der Waals surface area contributed by atoms with Gasteiger partial charge in [0.05, 0.1) is 12.2 Å². The molecule has 2 N–H and O–H groups in total. The Labute approximate surface area is 96.5 Å². The van der Waals surface area contributed by atoms with Gasteiger partial charge in [0.25, 0.3) is 0 Å². The Morgan fingerprint density at radius 3 is 2.27 bits per heavy atom. The molecule has 15 heavy (non-hydrogen) atoms. The highest BCUT2D eigenvalue weighted by molar-refractivity contribution is 7.99. The summed E-state index contributed by atoms with van der Waals surface area (Å²) in [4.78, 5) is 0. The van der Waals surface area contributed by atoms with Crippen LogP contribution in [0.4, 0.5) is 0 Å². The van der Waals surface area contributed by atoms with Gasteiger partial charge in [-0.05, 0) is 31.4 Å². The zero-order valence-electron chi connectivity index (χ0n) is 9.37. The van der Waals surface area contributed by atoms with Crippen LogP contribution < -0.4 is 0 Å². The van der Waals surface area contributed by atoms with E-state index in [0.717, 1.165) is 44.3 Å². The van der Waals surface area contributed by atoms with Crippen LogP contribution in [0, 0.1) is 5.41 Å². The standard InChI is InChI=1S/C12H22O2S/c13-9-11(5-4-8-15-10-11)12(14)6-2-1-3-7-12/h13-14H,1-10H2. The highest BCUT2D eigenvalue weighted by Crippen LogP contribution is 2.49. The fourth-order valence-corrected chi connectivity index (χ4v) is 4.55. The van der Waals surface area contributed by atoms with Crippen LogP contribution in [0.5, 0.6) is 0 Å². The van der Waals surface area contributed by atoms with Crippen molar-refractivity contribution in [2.45, 2.75) is 50.5 Å². The molecule has 0 aromatic heterocycles. The van der Waals surface area contributed by atoms with E-state index in [2.05, 4.69) is 0 Å². The topological polar surface area (TPSA) is 40.5 Å². The summed E-state index contributed by atoms with van der Waals surface area (Å²) in [6, 6.07) is 0. The minimum atomic E-state index is -0.576. The Balaban J connectivity index is 2.15. The van der Waals surface area contributed by atoms with E-state index >= 15 is 0 Å². The van der Waals surface area contributed by atoms with E-state index < -0.39 is 5.60 Å². The lowest BCUT2D eigenvalue weighted by atomic mass is 9.64. The van der Waals surface area contributed by atoms with Gasteiger partial charge in [-0.25, -0.2) is 0 Å². The molecule has 0 spiro atoms. The molecule has 1 aliphatic heterocycles. The third kappa shape index (κ3) is 2.06. The van der Waals surface area contributed by atoms with Crippen molar-refractivity contribution in [3.05, 3.63) is 0 Å². The maximum absolute atomic E-state index is 10.8. The molecule has 2 aliphatic rings. The van der Waals surface area contributed by atoms with Crippen LogP contribution in [-0.2, 0) is 0 Å². The first-order valence-electron chi connectivity index (χ1n) is 6.13. The number of hydrogen-bond donors (Lipinski definition) is 2. The predicted molar refractivity (Wildman–Crippen MR) is 64.1 cm³/mol. The van der Waals surface area contributed by atoms with Crippen molar-refractivity contribution >= 4 is 11.8 Å². The third-order valence-corrected chi connectivity index (χ3v) is 5.63. The summed E-state index contributed by atoms with van der Waals surface area (Å²) in [6.07, 6.45) is 7.45. The third-order valence-electron chi connectivity index (χ3n) is 4.29. The van der Waals surface area contributed by atoms with Crippen molar-refractivity contribution in [2.24, 2.45) is 5.41 Å². The Morgan fingerprint density at radius 1 is 1.00 bits per heavy atom. The molecule has 0 radical (unpaired) electrons. The Bertz CT molecular complexity index is 206. The average molecular weight is 230 g/mol. The van der Waals surface area contributed by atoms with Gasteiger partial charge >= 0.3 is 0 Å². The molecular weight excluding hydrogens is 208 g/mol. The zero-order chi connectivity index (χ0) is 10.8. The van der Waals surface area contributed by atoms with Crippen LogP contribution in [0.2, 0.25) is 0 Å². The summed E-state index contributed by atoms with van der Waals surface area (Å²) in [7, 11) is 0. The van der Waals surface area contributed by atoms with Crippen molar-refractivity contribution in [1.29, 1.82) is 0 Å². The van der Waals surface area contributed by atoms with Crippen LogP contribution >= 0.6 is 11.8 Å². The molecule has 0 aromatic carbocycles. The molecule has 0 bridgehead atoms. The van der Waals surface area contributed by atoms with E-state index in [1.807, 2.05) is 11.8 Å². The van der Waals surface area contributed by atoms with E-state index in [0.29, 0.717) is 0 Å². The monoisotopic (exact) mass is 230 g/mol. The second kappa shape index (κ2) is 4.64. The molecule has 2 fully saturated rings. The van der Waals surface area contributed by atoms with Gasteiger partial charge in [0, 0.05) is 11.2 Å². The molecule has 1 saturated heterocycles. The normalized spacial score (nSPS) is 36.4. The minimum absolute atomic E-state index is 0.163. The van der Waals surface area contributed by atoms with E-state index in [4.69, 9.17) is 0 Å². The van der Waals surface area contributed by atoms with Crippen molar-refractivity contribution in [3.8, 4) is 0 Å². The molecule has 1 atom stereocenters. The molecule has 0 aromatic rings. The van der Waals surface area contributed by atoms with Crippen LogP contribution in [0.15, 0.2) is 0 Å². The summed E-state index contributed by atoms with van der Waals surface area (Å²) in [6.45, 7) is 0.163. The molecular formula is C12H22O2S. The number of thioether (sulfide) groups is 1. The molecule has 2 rings (SSSR count). The number of rotatable bonds is 2. The highest BCUT2D eigenvalue weighted by atomic mass is 32.2. The first-order chi connectivity index (χ1) is 7.22. The van der Waals surface area contributed by atoms with Crippen molar-refractivity contribution in [3.63, 3.8) is 0 Å². The van der Waals surface area contributed by atoms with E-state index in [1.165, 1.54) is 12.2 Å². The van der Waals surface area contributed by atoms with Crippen molar-refractivity contribution in [1.82, 2.24) is 0 Å². The fraction of sp³-hybridized carbons (Fsp3) is 1.00. The number of aliphatic hydroxyl groups is 2. The average Bonchev–Trinajstić information content (AvgIpc) is 2.31. The quantitative estimate of drug-likeness (QED) is 0.764. The highest BCUT2D eigenvalue weighted by Gasteiger charge is 2.50. The van der Waals surface area contributed by atoms with Gasteiger partial charge in [0.2, 0.25) is 0 Å². The summed E-state index contributed by atoms with van der Waals surface area (Å²) >= 11 is 1.90. The van der Waals surface area contributed by atoms with Gasteiger partial charge in [-0.1, -0.05) is 19.3 Å². The number of hydrogen-bond acceptors (Lipinski definition) is 3. The van der Waals surface area contributed by atoms with Crippen LogP contribution in [0.1, 0.15) is 44.9 Å². The second-order valence-corrected chi connectivity index (χ2v) is 6.29. The Morgan fingerprint density at radius 2 is 1.73 bits per heavy atom. The first-order valence-corrected chi connectivity index (χ1v) is 7.29. The Hall–Kier alpha value is 0.270.